The zero-order valence-corrected chi connectivity index (χ0v) is 22.4. The highest BCUT2D eigenvalue weighted by Crippen LogP contribution is 2.30. The second-order valence-electron chi connectivity index (χ2n) is 9.94. The van der Waals surface area contributed by atoms with Gasteiger partial charge in [0.25, 0.3) is 5.91 Å². The maximum absolute atomic E-state index is 13.0. The number of benzene rings is 4. The van der Waals surface area contributed by atoms with Crippen molar-refractivity contribution in [3.8, 4) is 11.1 Å². The van der Waals surface area contributed by atoms with Crippen molar-refractivity contribution in [2.45, 2.75) is 18.6 Å². The van der Waals surface area contributed by atoms with Crippen LogP contribution in [0.15, 0.2) is 127 Å². The van der Waals surface area contributed by atoms with E-state index in [0.29, 0.717) is 11.3 Å². The maximum Gasteiger partial charge on any atom is 0.416 e. The molecular weight excluding hydrogens is 541 g/mol. The molecule has 0 saturated carbocycles. The summed E-state index contributed by atoms with van der Waals surface area (Å²) < 4.78 is 39.0. The lowest BCUT2D eigenvalue weighted by Crippen LogP contribution is -2.44. The summed E-state index contributed by atoms with van der Waals surface area (Å²) in [6.07, 6.45) is -0.751. The van der Waals surface area contributed by atoms with Gasteiger partial charge in [0.05, 0.1) is 12.1 Å². The van der Waals surface area contributed by atoms with Crippen molar-refractivity contribution in [1.82, 2.24) is 10.2 Å². The molecule has 0 aromatic heterocycles. The Morgan fingerprint density at radius 2 is 1.36 bits per heavy atom. The van der Waals surface area contributed by atoms with Crippen LogP contribution in [0.2, 0.25) is 0 Å². The molecule has 0 aliphatic carbocycles. The third-order valence-corrected chi connectivity index (χ3v) is 7.02. The average Bonchev–Trinajstić information content (AvgIpc) is 3.00. The summed E-state index contributed by atoms with van der Waals surface area (Å²) in [5.74, 6) is -1.62. The van der Waals surface area contributed by atoms with Crippen molar-refractivity contribution >= 4 is 17.4 Å². The first-order valence-electron chi connectivity index (χ1n) is 13.3. The molecule has 2 N–H and O–H groups in total. The zero-order chi connectivity index (χ0) is 29.7. The van der Waals surface area contributed by atoms with E-state index in [2.05, 4.69) is 5.32 Å². The van der Waals surface area contributed by atoms with Gasteiger partial charge < -0.3 is 15.3 Å². The van der Waals surface area contributed by atoms with Crippen molar-refractivity contribution in [3.63, 3.8) is 0 Å². The van der Waals surface area contributed by atoms with Gasteiger partial charge in [-0.2, -0.15) is 13.2 Å². The molecule has 0 radical (unpaired) electrons. The molecule has 212 valence electrons. The van der Waals surface area contributed by atoms with Crippen LogP contribution in [-0.4, -0.2) is 34.5 Å². The maximum atomic E-state index is 13.0. The Morgan fingerprint density at radius 3 is 1.95 bits per heavy atom. The Morgan fingerprint density at radius 1 is 0.786 bits per heavy atom. The lowest BCUT2D eigenvalue weighted by atomic mass is 9.97. The SMILES string of the molecule is O=C(NC1=CC(c2ccc(-c3ccccc3)cc2)=CN([C@@H](Cc2ccccc2)C(=O)O)C1)c1ccc(C(F)(F)F)cc1. The van der Waals surface area contributed by atoms with Crippen molar-refractivity contribution in [3.05, 3.63) is 149 Å². The Kier molecular flexibility index (Phi) is 8.24. The molecule has 0 unspecified atom stereocenters. The molecule has 1 amide bonds. The largest absolute Gasteiger partial charge is 0.480 e. The first kappa shape index (κ1) is 28.4. The Bertz CT molecular complexity index is 1610. The number of amides is 1. The highest BCUT2D eigenvalue weighted by atomic mass is 19.4. The number of carbonyl (C=O) groups is 2. The van der Waals surface area contributed by atoms with Gasteiger partial charge in [0.2, 0.25) is 0 Å². The fourth-order valence-electron chi connectivity index (χ4n) is 4.82. The fourth-order valence-corrected chi connectivity index (χ4v) is 4.82. The summed E-state index contributed by atoms with van der Waals surface area (Å²) in [7, 11) is 0. The first-order chi connectivity index (χ1) is 20.2. The Labute approximate surface area is 241 Å². The van der Waals surface area contributed by atoms with Gasteiger partial charge in [-0.05, 0) is 58.2 Å². The van der Waals surface area contributed by atoms with E-state index >= 15 is 0 Å². The van der Waals surface area contributed by atoms with E-state index in [1.54, 1.807) is 17.2 Å². The van der Waals surface area contributed by atoms with E-state index in [1.807, 2.05) is 84.9 Å². The van der Waals surface area contributed by atoms with Gasteiger partial charge in [0.15, 0.2) is 0 Å². The number of rotatable bonds is 8. The number of alkyl halides is 3. The average molecular weight is 569 g/mol. The fraction of sp³-hybridized carbons (Fsp3) is 0.118. The Hall–Kier alpha value is -5.11. The highest BCUT2D eigenvalue weighted by molar-refractivity contribution is 5.96. The van der Waals surface area contributed by atoms with Crippen LogP contribution in [0.3, 0.4) is 0 Å². The van der Waals surface area contributed by atoms with Crippen LogP contribution in [0.25, 0.3) is 16.7 Å². The molecule has 42 heavy (non-hydrogen) atoms. The van der Waals surface area contributed by atoms with E-state index < -0.39 is 29.7 Å². The molecule has 5 nitrogen and oxygen atoms in total. The summed E-state index contributed by atoms with van der Waals surface area (Å²) in [6.45, 7) is 0.0851. The third kappa shape index (κ3) is 6.78. The van der Waals surface area contributed by atoms with E-state index in [1.165, 1.54) is 0 Å². The normalized spacial score (nSPS) is 14.0. The van der Waals surface area contributed by atoms with Crippen LogP contribution >= 0.6 is 0 Å². The topological polar surface area (TPSA) is 69.6 Å². The minimum absolute atomic E-state index is 0.0536. The summed E-state index contributed by atoms with van der Waals surface area (Å²) in [5.41, 5.74) is 4.03. The molecule has 1 atom stereocenters. The van der Waals surface area contributed by atoms with Gasteiger partial charge >= 0.3 is 12.1 Å². The summed E-state index contributed by atoms with van der Waals surface area (Å²) in [5, 5.41) is 13.0. The molecule has 1 heterocycles. The van der Waals surface area contributed by atoms with Crippen LogP contribution in [0, 0.1) is 0 Å². The molecule has 0 saturated heterocycles. The molecule has 4 aromatic rings. The van der Waals surface area contributed by atoms with Crippen molar-refractivity contribution in [2.24, 2.45) is 0 Å². The van der Waals surface area contributed by atoms with E-state index in [-0.39, 0.29) is 18.5 Å². The molecule has 0 fully saturated rings. The van der Waals surface area contributed by atoms with Gasteiger partial charge in [-0.1, -0.05) is 84.9 Å². The van der Waals surface area contributed by atoms with Gasteiger partial charge in [-0.15, -0.1) is 0 Å². The third-order valence-electron chi connectivity index (χ3n) is 7.02. The predicted octanol–water partition coefficient (Wildman–Crippen LogP) is 7.04. The lowest BCUT2D eigenvalue weighted by molar-refractivity contribution is -0.142. The number of allylic oxidation sites excluding steroid dienone is 2. The van der Waals surface area contributed by atoms with Crippen molar-refractivity contribution < 1.29 is 27.9 Å². The van der Waals surface area contributed by atoms with Gasteiger partial charge in [0, 0.05) is 23.9 Å². The molecule has 1 aliphatic heterocycles. The van der Waals surface area contributed by atoms with Gasteiger partial charge in [0.1, 0.15) is 6.04 Å². The molecule has 4 aromatic carbocycles. The first-order valence-corrected chi connectivity index (χ1v) is 13.3. The molecule has 0 bridgehead atoms. The number of carboxylic acids is 1. The van der Waals surface area contributed by atoms with E-state index in [0.717, 1.165) is 46.5 Å². The minimum Gasteiger partial charge on any atom is -0.480 e. The number of nitrogens with one attached hydrogen (secondary N) is 1. The lowest BCUT2D eigenvalue weighted by Gasteiger charge is -2.32. The summed E-state index contributed by atoms with van der Waals surface area (Å²) in [6, 6.07) is 29.9. The number of halogens is 3. The predicted molar refractivity (Wildman–Crippen MR) is 155 cm³/mol. The molecule has 8 heteroatoms. The highest BCUT2D eigenvalue weighted by Gasteiger charge is 2.31. The molecule has 1 aliphatic rings. The van der Waals surface area contributed by atoms with Crippen LogP contribution in [0.5, 0.6) is 0 Å². The zero-order valence-electron chi connectivity index (χ0n) is 22.4. The number of carbonyl (C=O) groups excluding carboxylic acids is 1. The smallest absolute Gasteiger partial charge is 0.416 e. The second-order valence-corrected chi connectivity index (χ2v) is 9.94. The van der Waals surface area contributed by atoms with Crippen LogP contribution < -0.4 is 5.32 Å². The Balaban J connectivity index is 1.45. The number of hydrogen-bond donors (Lipinski definition) is 2. The van der Waals surface area contributed by atoms with Crippen LogP contribution in [-0.2, 0) is 17.4 Å². The summed E-state index contributed by atoms with van der Waals surface area (Å²) >= 11 is 0. The molecule has 0 spiro atoms. The summed E-state index contributed by atoms with van der Waals surface area (Å²) in [4.78, 5) is 27.1. The van der Waals surface area contributed by atoms with Crippen LogP contribution in [0.4, 0.5) is 13.2 Å². The van der Waals surface area contributed by atoms with Crippen molar-refractivity contribution in [1.29, 1.82) is 0 Å². The van der Waals surface area contributed by atoms with Gasteiger partial charge in [-0.25, -0.2) is 4.79 Å². The quantitative estimate of drug-likeness (QED) is 0.239. The monoisotopic (exact) mass is 568 g/mol. The van der Waals surface area contributed by atoms with E-state index in [9.17, 15) is 27.9 Å². The number of aliphatic carboxylic acids is 1. The minimum atomic E-state index is -4.51. The molecule has 5 rings (SSSR count). The van der Waals surface area contributed by atoms with Crippen LogP contribution in [0.1, 0.15) is 27.0 Å². The van der Waals surface area contributed by atoms with Crippen molar-refractivity contribution in [2.75, 3.05) is 6.54 Å². The van der Waals surface area contributed by atoms with E-state index in [4.69, 9.17) is 0 Å². The number of carboxylic acid groups (broad SMARTS) is 1. The van der Waals surface area contributed by atoms with Gasteiger partial charge in [-0.3, -0.25) is 4.79 Å². The number of hydrogen-bond acceptors (Lipinski definition) is 3. The second kappa shape index (κ2) is 12.2. The standard InChI is InChI=1S/C34H27F3N2O3/c35-34(36,37)29-17-15-27(16-18-29)32(40)38-30-20-28(26-13-11-25(12-14-26)24-9-5-2-6-10-24)21-39(22-30)31(33(41)42)19-23-7-3-1-4-8-23/h1-18,20-21,31H,19,22H2,(H,38,40)(H,41,42)/t31-/m0/s1. The molecular formula is C34H27F3N2O3. The number of nitrogens with zero attached hydrogens (tertiary/aromatic N) is 1.